The second-order valence-electron chi connectivity index (χ2n) is 5.78. The molecule has 126 valence electrons. The molecule has 1 heterocycles. The van der Waals surface area contributed by atoms with Gasteiger partial charge in [0.05, 0.1) is 0 Å². The highest BCUT2D eigenvalue weighted by Gasteiger charge is 2.12. The molecule has 0 bridgehead atoms. The molecule has 0 saturated heterocycles. The molecule has 0 aliphatic carbocycles. The molecule has 1 aromatic heterocycles. The number of rotatable bonds is 6. The number of carbonyl (C=O) groups excluding carboxylic acids is 1. The van der Waals surface area contributed by atoms with Crippen molar-refractivity contribution in [3.63, 3.8) is 0 Å². The molecule has 0 aliphatic rings. The maximum Gasteiger partial charge on any atom is 0.251 e. The summed E-state index contributed by atoms with van der Waals surface area (Å²) in [6.07, 6.45) is 3.59. The Labute approximate surface area is 147 Å². The Morgan fingerprint density at radius 3 is 2.36 bits per heavy atom. The van der Waals surface area contributed by atoms with Gasteiger partial charge < -0.3 is 10.6 Å². The van der Waals surface area contributed by atoms with Gasteiger partial charge in [0, 0.05) is 38.1 Å². The zero-order chi connectivity index (χ0) is 17.5. The fourth-order valence-corrected chi connectivity index (χ4v) is 2.74. The maximum absolute atomic E-state index is 12.2. The second-order valence-corrected chi connectivity index (χ2v) is 5.78. The van der Waals surface area contributed by atoms with Crippen LogP contribution < -0.4 is 10.6 Å². The predicted octanol–water partition coefficient (Wildman–Crippen LogP) is 3.40. The van der Waals surface area contributed by atoms with Gasteiger partial charge in [-0.25, -0.2) is 0 Å². The van der Waals surface area contributed by atoms with Crippen molar-refractivity contribution < 1.29 is 4.79 Å². The third kappa shape index (κ3) is 4.31. The Morgan fingerprint density at radius 1 is 0.920 bits per heavy atom. The molecule has 0 spiro atoms. The molecule has 25 heavy (non-hydrogen) atoms. The quantitative estimate of drug-likeness (QED) is 0.728. The normalized spacial score (nSPS) is 10.4. The molecular formula is C21H21N3O. The highest BCUT2D eigenvalue weighted by molar-refractivity contribution is 6.00. The molecule has 0 saturated carbocycles. The van der Waals surface area contributed by atoms with Gasteiger partial charge in [-0.05, 0) is 46.5 Å². The zero-order valence-corrected chi connectivity index (χ0v) is 14.2. The van der Waals surface area contributed by atoms with E-state index < -0.39 is 0 Å². The minimum atomic E-state index is -0.0739. The van der Waals surface area contributed by atoms with Crippen molar-refractivity contribution >= 4 is 5.91 Å². The molecular weight excluding hydrogens is 310 g/mol. The van der Waals surface area contributed by atoms with E-state index in [1.807, 2.05) is 54.6 Å². The van der Waals surface area contributed by atoms with E-state index in [0.717, 1.165) is 29.8 Å². The SMILES string of the molecule is CNC(=O)c1ccc(CNCc2ccncc2)cc1-c1ccccc1. The zero-order valence-electron chi connectivity index (χ0n) is 14.2. The van der Waals surface area contributed by atoms with Gasteiger partial charge in [0.15, 0.2) is 0 Å². The van der Waals surface area contributed by atoms with Gasteiger partial charge in [-0.2, -0.15) is 0 Å². The summed E-state index contributed by atoms with van der Waals surface area (Å²) in [6.45, 7) is 1.51. The number of benzene rings is 2. The first kappa shape index (κ1) is 16.9. The fraction of sp³-hybridized carbons (Fsp3) is 0.143. The van der Waals surface area contributed by atoms with E-state index in [1.54, 1.807) is 19.4 Å². The van der Waals surface area contributed by atoms with Gasteiger partial charge in [-0.3, -0.25) is 9.78 Å². The number of nitrogens with zero attached hydrogens (tertiary/aromatic N) is 1. The summed E-state index contributed by atoms with van der Waals surface area (Å²) < 4.78 is 0. The van der Waals surface area contributed by atoms with E-state index in [0.29, 0.717) is 5.56 Å². The Kier molecular flexibility index (Phi) is 5.54. The van der Waals surface area contributed by atoms with Gasteiger partial charge in [0.1, 0.15) is 0 Å². The highest BCUT2D eigenvalue weighted by Crippen LogP contribution is 2.25. The smallest absolute Gasteiger partial charge is 0.251 e. The topological polar surface area (TPSA) is 54.0 Å². The standard InChI is InChI=1S/C21H21N3O/c1-22-21(25)19-8-7-17(13-20(19)18-5-3-2-4-6-18)15-24-14-16-9-11-23-12-10-16/h2-13,24H,14-15H2,1H3,(H,22,25). The van der Waals surface area contributed by atoms with Gasteiger partial charge in [0.25, 0.3) is 5.91 Å². The van der Waals surface area contributed by atoms with Crippen molar-refractivity contribution in [2.24, 2.45) is 0 Å². The summed E-state index contributed by atoms with van der Waals surface area (Å²) in [5, 5.41) is 6.15. The number of carbonyl (C=O) groups is 1. The molecule has 0 fully saturated rings. The lowest BCUT2D eigenvalue weighted by molar-refractivity contribution is 0.0963. The Bertz CT molecular complexity index is 832. The predicted molar refractivity (Wildman–Crippen MR) is 100 cm³/mol. The van der Waals surface area contributed by atoms with E-state index in [4.69, 9.17) is 0 Å². The van der Waals surface area contributed by atoms with Crippen LogP contribution in [-0.4, -0.2) is 17.9 Å². The Hall–Kier alpha value is -2.98. The monoisotopic (exact) mass is 331 g/mol. The first-order chi connectivity index (χ1) is 12.3. The molecule has 0 aliphatic heterocycles. The average Bonchev–Trinajstić information content (AvgIpc) is 2.69. The summed E-state index contributed by atoms with van der Waals surface area (Å²) in [7, 11) is 1.65. The van der Waals surface area contributed by atoms with Gasteiger partial charge in [0.2, 0.25) is 0 Å². The van der Waals surface area contributed by atoms with Crippen LogP contribution in [0.4, 0.5) is 0 Å². The molecule has 3 aromatic rings. The van der Waals surface area contributed by atoms with Crippen molar-refractivity contribution in [1.29, 1.82) is 0 Å². The number of pyridine rings is 1. The lowest BCUT2D eigenvalue weighted by atomic mass is 9.96. The molecule has 0 unspecified atom stereocenters. The highest BCUT2D eigenvalue weighted by atomic mass is 16.1. The van der Waals surface area contributed by atoms with Crippen LogP contribution in [0.1, 0.15) is 21.5 Å². The van der Waals surface area contributed by atoms with Crippen LogP contribution in [0.2, 0.25) is 0 Å². The summed E-state index contributed by atoms with van der Waals surface area (Å²) in [5.74, 6) is -0.0739. The first-order valence-corrected chi connectivity index (χ1v) is 8.28. The van der Waals surface area contributed by atoms with E-state index in [-0.39, 0.29) is 5.91 Å². The van der Waals surface area contributed by atoms with Crippen LogP contribution in [0, 0.1) is 0 Å². The third-order valence-corrected chi connectivity index (χ3v) is 4.05. The van der Waals surface area contributed by atoms with Gasteiger partial charge in [-0.15, -0.1) is 0 Å². The lowest BCUT2D eigenvalue weighted by Gasteiger charge is -2.12. The number of hydrogen-bond donors (Lipinski definition) is 2. The molecule has 2 N–H and O–H groups in total. The Morgan fingerprint density at radius 2 is 1.64 bits per heavy atom. The van der Waals surface area contributed by atoms with Crippen LogP contribution in [-0.2, 0) is 13.1 Å². The fourth-order valence-electron chi connectivity index (χ4n) is 2.74. The third-order valence-electron chi connectivity index (χ3n) is 4.05. The molecule has 2 aromatic carbocycles. The van der Waals surface area contributed by atoms with E-state index >= 15 is 0 Å². The summed E-state index contributed by atoms with van der Waals surface area (Å²) in [5.41, 5.74) is 5.01. The van der Waals surface area contributed by atoms with Gasteiger partial charge >= 0.3 is 0 Å². The first-order valence-electron chi connectivity index (χ1n) is 8.28. The van der Waals surface area contributed by atoms with Crippen LogP contribution in [0.3, 0.4) is 0 Å². The number of hydrogen-bond acceptors (Lipinski definition) is 3. The van der Waals surface area contributed by atoms with Gasteiger partial charge in [-0.1, -0.05) is 36.4 Å². The molecule has 1 amide bonds. The number of aromatic nitrogens is 1. The average molecular weight is 331 g/mol. The molecule has 4 nitrogen and oxygen atoms in total. The van der Waals surface area contributed by atoms with E-state index in [2.05, 4.69) is 21.7 Å². The van der Waals surface area contributed by atoms with Crippen LogP contribution in [0.15, 0.2) is 73.1 Å². The van der Waals surface area contributed by atoms with Crippen molar-refractivity contribution in [2.75, 3.05) is 7.05 Å². The molecule has 4 heteroatoms. The molecule has 0 atom stereocenters. The van der Waals surface area contributed by atoms with E-state index in [9.17, 15) is 4.79 Å². The van der Waals surface area contributed by atoms with E-state index in [1.165, 1.54) is 5.56 Å². The van der Waals surface area contributed by atoms with Crippen molar-refractivity contribution in [2.45, 2.75) is 13.1 Å². The summed E-state index contributed by atoms with van der Waals surface area (Å²) in [6, 6.07) is 20.0. The maximum atomic E-state index is 12.2. The minimum absolute atomic E-state index is 0.0739. The Balaban J connectivity index is 1.80. The van der Waals surface area contributed by atoms with Crippen LogP contribution in [0.25, 0.3) is 11.1 Å². The minimum Gasteiger partial charge on any atom is -0.355 e. The largest absolute Gasteiger partial charge is 0.355 e. The van der Waals surface area contributed by atoms with Crippen molar-refractivity contribution in [1.82, 2.24) is 15.6 Å². The van der Waals surface area contributed by atoms with Crippen LogP contribution in [0.5, 0.6) is 0 Å². The van der Waals surface area contributed by atoms with Crippen molar-refractivity contribution in [3.05, 3.63) is 89.7 Å². The molecule has 0 radical (unpaired) electrons. The number of nitrogens with one attached hydrogen (secondary N) is 2. The molecule has 3 rings (SSSR count). The summed E-state index contributed by atoms with van der Waals surface area (Å²) >= 11 is 0. The van der Waals surface area contributed by atoms with Crippen molar-refractivity contribution in [3.8, 4) is 11.1 Å². The van der Waals surface area contributed by atoms with Crippen LogP contribution >= 0.6 is 0 Å². The number of amides is 1. The summed E-state index contributed by atoms with van der Waals surface area (Å²) in [4.78, 5) is 16.2. The second kappa shape index (κ2) is 8.22. The lowest BCUT2D eigenvalue weighted by Crippen LogP contribution is -2.19.